The molecular formula is C12H14ClN5OS. The molecule has 0 aliphatic carbocycles. The van der Waals surface area contributed by atoms with Crippen LogP contribution in [0.25, 0.3) is 11.4 Å². The minimum Gasteiger partial charge on any atom is -0.398 e. The molecule has 0 bridgehead atoms. The maximum Gasteiger partial charge on any atom is 0.182 e. The third-order valence-electron chi connectivity index (χ3n) is 3.45. The normalized spacial score (nSPS) is 22.9. The highest BCUT2D eigenvalue weighted by molar-refractivity contribution is 7.85. The van der Waals surface area contributed by atoms with E-state index in [1.165, 1.54) is 0 Å². The molecule has 0 unspecified atom stereocenters. The van der Waals surface area contributed by atoms with Gasteiger partial charge in [0, 0.05) is 27.9 Å². The molecule has 3 rings (SSSR count). The Morgan fingerprint density at radius 1 is 1.35 bits per heavy atom. The largest absolute Gasteiger partial charge is 0.398 e. The highest BCUT2D eigenvalue weighted by Gasteiger charge is 2.23. The fourth-order valence-electron chi connectivity index (χ4n) is 2.34. The van der Waals surface area contributed by atoms with E-state index in [2.05, 4.69) is 15.5 Å². The summed E-state index contributed by atoms with van der Waals surface area (Å²) < 4.78 is 13.2. The quantitative estimate of drug-likeness (QED) is 0.852. The Morgan fingerprint density at radius 2 is 2.10 bits per heavy atom. The molecule has 1 aromatic carbocycles. The van der Waals surface area contributed by atoms with Crippen LogP contribution in [0.5, 0.6) is 0 Å². The molecule has 2 aromatic rings. The molecule has 0 spiro atoms. The van der Waals surface area contributed by atoms with Crippen LogP contribution in [0, 0.1) is 0 Å². The zero-order valence-corrected chi connectivity index (χ0v) is 12.3. The number of tetrazole rings is 1. The van der Waals surface area contributed by atoms with Gasteiger partial charge in [0.2, 0.25) is 0 Å². The molecule has 6 nitrogen and oxygen atoms in total. The van der Waals surface area contributed by atoms with Crippen LogP contribution in [-0.2, 0) is 10.8 Å². The lowest BCUT2D eigenvalue weighted by molar-refractivity contribution is 0.415. The minimum atomic E-state index is -0.700. The van der Waals surface area contributed by atoms with Crippen LogP contribution < -0.4 is 5.73 Å². The Balaban J connectivity index is 1.93. The van der Waals surface area contributed by atoms with E-state index in [0.717, 1.165) is 18.4 Å². The zero-order chi connectivity index (χ0) is 14.1. The first kappa shape index (κ1) is 13.5. The van der Waals surface area contributed by atoms with Gasteiger partial charge in [0.1, 0.15) is 0 Å². The minimum absolute atomic E-state index is 0.189. The molecule has 20 heavy (non-hydrogen) atoms. The SMILES string of the molecule is Nc1cc(-c2nnnn2C2CCS(=O)CC2)ccc1Cl. The van der Waals surface area contributed by atoms with Crippen LogP contribution in [0.1, 0.15) is 18.9 Å². The van der Waals surface area contributed by atoms with Gasteiger partial charge < -0.3 is 5.73 Å². The molecule has 0 amide bonds. The average molecular weight is 312 g/mol. The van der Waals surface area contributed by atoms with Crippen LogP contribution in [0.15, 0.2) is 18.2 Å². The van der Waals surface area contributed by atoms with E-state index in [-0.39, 0.29) is 6.04 Å². The fourth-order valence-corrected chi connectivity index (χ4v) is 3.73. The van der Waals surface area contributed by atoms with Gasteiger partial charge in [-0.25, -0.2) is 4.68 Å². The van der Waals surface area contributed by atoms with Crippen molar-refractivity contribution >= 4 is 28.1 Å². The summed E-state index contributed by atoms with van der Waals surface area (Å²) in [5.41, 5.74) is 7.16. The number of benzene rings is 1. The standard InChI is InChI=1S/C12H14ClN5OS/c13-10-2-1-8(7-11(10)14)12-15-16-17-18(12)9-3-5-20(19)6-4-9/h1-2,7,9H,3-6,14H2. The molecule has 2 heterocycles. The first-order valence-corrected chi connectivity index (χ1v) is 8.20. The second-order valence-corrected chi connectivity index (χ2v) is 6.87. The van der Waals surface area contributed by atoms with E-state index in [1.807, 2.05) is 6.07 Å². The van der Waals surface area contributed by atoms with Crippen molar-refractivity contribution in [2.75, 3.05) is 17.2 Å². The van der Waals surface area contributed by atoms with Gasteiger partial charge in [-0.2, -0.15) is 0 Å². The van der Waals surface area contributed by atoms with Gasteiger partial charge in [-0.1, -0.05) is 11.6 Å². The molecule has 1 aromatic heterocycles. The number of nitrogen functional groups attached to an aromatic ring is 1. The Hall–Kier alpha value is -1.47. The number of nitrogens with zero attached hydrogens (tertiary/aromatic N) is 4. The van der Waals surface area contributed by atoms with E-state index in [0.29, 0.717) is 28.0 Å². The first-order chi connectivity index (χ1) is 9.65. The van der Waals surface area contributed by atoms with Crippen LogP contribution in [-0.4, -0.2) is 35.9 Å². The summed E-state index contributed by atoms with van der Waals surface area (Å²) in [6, 6.07) is 5.55. The predicted octanol–water partition coefficient (Wildman–Crippen LogP) is 1.66. The van der Waals surface area contributed by atoms with Crippen molar-refractivity contribution in [2.24, 2.45) is 0 Å². The van der Waals surface area contributed by atoms with Crippen LogP contribution in [0.4, 0.5) is 5.69 Å². The van der Waals surface area contributed by atoms with Gasteiger partial charge in [-0.15, -0.1) is 5.10 Å². The Kier molecular flexibility index (Phi) is 3.71. The molecule has 1 fully saturated rings. The topological polar surface area (TPSA) is 86.7 Å². The van der Waals surface area contributed by atoms with Crippen LogP contribution >= 0.6 is 11.6 Å². The van der Waals surface area contributed by atoms with Crippen molar-refractivity contribution in [3.05, 3.63) is 23.2 Å². The lowest BCUT2D eigenvalue weighted by atomic mass is 10.1. The summed E-state index contributed by atoms with van der Waals surface area (Å²) in [5.74, 6) is 2.07. The van der Waals surface area contributed by atoms with Crippen LogP contribution in [0.2, 0.25) is 5.02 Å². The summed E-state index contributed by atoms with van der Waals surface area (Å²) >= 11 is 5.93. The fraction of sp³-hybridized carbons (Fsp3) is 0.417. The number of hydrogen-bond acceptors (Lipinski definition) is 5. The van der Waals surface area contributed by atoms with Crippen molar-refractivity contribution in [3.63, 3.8) is 0 Å². The van der Waals surface area contributed by atoms with Crippen LogP contribution in [0.3, 0.4) is 0 Å². The number of aromatic nitrogens is 4. The molecule has 0 saturated carbocycles. The molecule has 1 saturated heterocycles. The summed E-state index contributed by atoms with van der Waals surface area (Å²) in [6.45, 7) is 0. The van der Waals surface area contributed by atoms with E-state index >= 15 is 0 Å². The second kappa shape index (κ2) is 5.49. The van der Waals surface area contributed by atoms with E-state index < -0.39 is 10.8 Å². The third kappa shape index (κ3) is 2.55. The molecule has 1 aliphatic rings. The van der Waals surface area contributed by atoms with Crippen molar-refractivity contribution in [1.82, 2.24) is 20.2 Å². The molecule has 1 aliphatic heterocycles. The molecule has 8 heteroatoms. The number of anilines is 1. The molecule has 106 valence electrons. The molecular weight excluding hydrogens is 298 g/mol. The summed E-state index contributed by atoms with van der Waals surface area (Å²) in [7, 11) is -0.700. The summed E-state index contributed by atoms with van der Waals surface area (Å²) in [4.78, 5) is 0. The third-order valence-corrected chi connectivity index (χ3v) is 5.18. The van der Waals surface area contributed by atoms with Gasteiger partial charge in [0.15, 0.2) is 5.82 Å². The van der Waals surface area contributed by atoms with Crippen molar-refractivity contribution in [2.45, 2.75) is 18.9 Å². The molecule has 0 atom stereocenters. The second-order valence-electron chi connectivity index (χ2n) is 4.76. The molecule has 2 N–H and O–H groups in total. The van der Waals surface area contributed by atoms with E-state index in [1.54, 1.807) is 16.8 Å². The summed E-state index contributed by atoms with van der Waals surface area (Å²) in [5, 5.41) is 12.4. The number of halogens is 1. The average Bonchev–Trinajstić information content (AvgIpc) is 2.92. The van der Waals surface area contributed by atoms with Crippen molar-refractivity contribution < 1.29 is 4.21 Å². The van der Waals surface area contributed by atoms with E-state index in [9.17, 15) is 4.21 Å². The maximum absolute atomic E-state index is 11.4. The van der Waals surface area contributed by atoms with Gasteiger partial charge >= 0.3 is 0 Å². The smallest absolute Gasteiger partial charge is 0.182 e. The van der Waals surface area contributed by atoms with Crippen molar-refractivity contribution in [1.29, 1.82) is 0 Å². The Morgan fingerprint density at radius 3 is 2.80 bits per heavy atom. The van der Waals surface area contributed by atoms with E-state index in [4.69, 9.17) is 17.3 Å². The van der Waals surface area contributed by atoms with Gasteiger partial charge in [0.05, 0.1) is 16.8 Å². The van der Waals surface area contributed by atoms with Gasteiger partial charge in [-0.05, 0) is 41.5 Å². The Bertz CT molecular complexity index is 649. The lowest BCUT2D eigenvalue weighted by Crippen LogP contribution is -2.23. The maximum atomic E-state index is 11.4. The highest BCUT2D eigenvalue weighted by atomic mass is 35.5. The Labute approximate surface area is 123 Å². The number of rotatable bonds is 2. The number of hydrogen-bond donors (Lipinski definition) is 1. The number of nitrogens with two attached hydrogens (primary N) is 1. The summed E-state index contributed by atoms with van der Waals surface area (Å²) in [6.07, 6.45) is 1.65. The van der Waals surface area contributed by atoms with Gasteiger partial charge in [-0.3, -0.25) is 4.21 Å². The predicted molar refractivity (Wildman–Crippen MR) is 78.8 cm³/mol. The highest BCUT2D eigenvalue weighted by Crippen LogP contribution is 2.29. The van der Waals surface area contributed by atoms with Crippen molar-refractivity contribution in [3.8, 4) is 11.4 Å². The molecule has 0 radical (unpaired) electrons. The lowest BCUT2D eigenvalue weighted by Gasteiger charge is -2.22. The monoisotopic (exact) mass is 311 g/mol. The zero-order valence-electron chi connectivity index (χ0n) is 10.7. The van der Waals surface area contributed by atoms with Gasteiger partial charge in [0.25, 0.3) is 0 Å². The first-order valence-electron chi connectivity index (χ1n) is 6.33.